The second kappa shape index (κ2) is 7.66. The number of carboxylic acids is 1. The van der Waals surface area contributed by atoms with Crippen LogP contribution in [0.5, 0.6) is 0 Å². The zero-order chi connectivity index (χ0) is 20.2. The number of rotatable bonds is 4. The van der Waals surface area contributed by atoms with Gasteiger partial charge in [-0.2, -0.15) is 10.1 Å². The highest BCUT2D eigenvalue weighted by atomic mass is 16.4. The molecule has 0 aliphatic rings. The number of oxazole rings is 1. The highest BCUT2D eigenvalue weighted by Crippen LogP contribution is 2.20. The summed E-state index contributed by atoms with van der Waals surface area (Å²) in [4.78, 5) is 31.8. The fourth-order valence-electron chi connectivity index (χ4n) is 2.53. The average molecular weight is 387 g/mol. The molecule has 0 spiro atoms. The zero-order valence-corrected chi connectivity index (χ0v) is 14.9. The number of carbonyl (C=O) groups is 1. The molecule has 3 heterocycles. The molecule has 0 atom stereocenters. The van der Waals surface area contributed by atoms with Gasteiger partial charge in [-0.25, -0.2) is 9.78 Å². The number of nitrogens with zero attached hydrogens (tertiary/aromatic N) is 5. The Labute approximate surface area is 163 Å². The van der Waals surface area contributed by atoms with Crippen molar-refractivity contribution in [1.29, 1.82) is 0 Å². The molecule has 0 aliphatic heterocycles. The van der Waals surface area contributed by atoms with Crippen molar-refractivity contribution in [3.05, 3.63) is 83.0 Å². The van der Waals surface area contributed by atoms with E-state index in [0.717, 1.165) is 4.68 Å². The van der Waals surface area contributed by atoms with Gasteiger partial charge in [-0.15, -0.1) is 4.68 Å². The Morgan fingerprint density at radius 2 is 2.00 bits per heavy atom. The van der Waals surface area contributed by atoms with Gasteiger partial charge in [0.15, 0.2) is 0 Å². The van der Waals surface area contributed by atoms with Crippen LogP contribution >= 0.6 is 0 Å². The highest BCUT2D eigenvalue weighted by Gasteiger charge is 2.13. The minimum atomic E-state index is -1.01. The molecule has 0 saturated heterocycles. The van der Waals surface area contributed by atoms with Crippen LogP contribution in [0.15, 0.2) is 70.7 Å². The monoisotopic (exact) mass is 387 g/mol. The van der Waals surface area contributed by atoms with E-state index in [0.29, 0.717) is 17.8 Å². The van der Waals surface area contributed by atoms with Crippen molar-refractivity contribution in [2.75, 3.05) is 0 Å². The smallest absolute Gasteiger partial charge is 0.335 e. The summed E-state index contributed by atoms with van der Waals surface area (Å²) in [6, 6.07) is 7.66. The van der Waals surface area contributed by atoms with Gasteiger partial charge in [-0.05, 0) is 18.2 Å². The van der Waals surface area contributed by atoms with Gasteiger partial charge in [0.05, 0.1) is 24.0 Å². The molecular weight excluding hydrogens is 374 g/mol. The molecule has 4 aromatic rings. The standard InChI is InChI=1S/C20H13N5O4/c26-18-15(2-1-10-24-11-9-21-13-24)7-8-22-25(18)20-23-17(12-29-20)14-3-5-16(6-4-14)19(27)28/h3-9,11-13H,10H2,(H,27,28). The Balaban J connectivity index is 1.60. The lowest BCUT2D eigenvalue weighted by atomic mass is 10.1. The van der Waals surface area contributed by atoms with Crippen LogP contribution in [0.4, 0.5) is 0 Å². The number of imidazole rings is 1. The van der Waals surface area contributed by atoms with E-state index in [2.05, 4.69) is 26.9 Å². The number of carboxylic acid groups (broad SMARTS) is 1. The van der Waals surface area contributed by atoms with Gasteiger partial charge in [0.25, 0.3) is 5.56 Å². The Morgan fingerprint density at radius 1 is 1.17 bits per heavy atom. The average Bonchev–Trinajstić information content (AvgIpc) is 3.41. The van der Waals surface area contributed by atoms with Crippen molar-refractivity contribution in [1.82, 2.24) is 24.3 Å². The number of hydrogen-bond donors (Lipinski definition) is 1. The first-order valence-electron chi connectivity index (χ1n) is 8.44. The molecule has 0 saturated carbocycles. The van der Waals surface area contributed by atoms with Gasteiger partial charge in [-0.1, -0.05) is 24.0 Å². The normalized spacial score (nSPS) is 10.3. The molecule has 29 heavy (non-hydrogen) atoms. The first kappa shape index (κ1) is 17.9. The second-order valence-electron chi connectivity index (χ2n) is 5.90. The van der Waals surface area contributed by atoms with Crippen LogP contribution in [0, 0.1) is 11.8 Å². The van der Waals surface area contributed by atoms with Crippen molar-refractivity contribution in [2.24, 2.45) is 0 Å². The maximum atomic E-state index is 12.6. The summed E-state index contributed by atoms with van der Waals surface area (Å²) in [5.41, 5.74) is 1.06. The SMILES string of the molecule is O=C(O)c1ccc(-c2coc(-n3nccc(C#CCn4ccnc4)c3=O)n2)cc1. The van der Waals surface area contributed by atoms with Gasteiger partial charge in [0, 0.05) is 24.2 Å². The summed E-state index contributed by atoms with van der Waals surface area (Å²) in [5.74, 6) is 4.71. The van der Waals surface area contributed by atoms with Crippen LogP contribution in [-0.4, -0.2) is 35.4 Å². The van der Waals surface area contributed by atoms with Gasteiger partial charge >= 0.3 is 12.0 Å². The van der Waals surface area contributed by atoms with Crippen LogP contribution in [0.3, 0.4) is 0 Å². The van der Waals surface area contributed by atoms with Crippen LogP contribution in [0.25, 0.3) is 17.3 Å². The fraction of sp³-hybridized carbons (Fsp3) is 0.0500. The Bertz CT molecular complexity index is 1270. The van der Waals surface area contributed by atoms with E-state index in [1.165, 1.54) is 30.7 Å². The Hall–Kier alpha value is -4.45. The summed E-state index contributed by atoms with van der Waals surface area (Å²) in [7, 11) is 0. The first-order chi connectivity index (χ1) is 14.1. The third-order valence-electron chi connectivity index (χ3n) is 3.99. The van der Waals surface area contributed by atoms with E-state index in [1.807, 2.05) is 0 Å². The second-order valence-corrected chi connectivity index (χ2v) is 5.90. The zero-order valence-electron chi connectivity index (χ0n) is 14.9. The lowest BCUT2D eigenvalue weighted by Gasteiger charge is -1.99. The summed E-state index contributed by atoms with van der Waals surface area (Å²) in [5, 5.41) is 13.0. The van der Waals surface area contributed by atoms with Gasteiger partial charge in [0.2, 0.25) is 0 Å². The van der Waals surface area contributed by atoms with E-state index in [4.69, 9.17) is 9.52 Å². The van der Waals surface area contributed by atoms with Crippen LogP contribution < -0.4 is 5.56 Å². The van der Waals surface area contributed by atoms with Crippen molar-refractivity contribution in [3.63, 3.8) is 0 Å². The molecule has 1 N–H and O–H groups in total. The Kier molecular flexibility index (Phi) is 4.74. The largest absolute Gasteiger partial charge is 0.478 e. The number of aromatic nitrogens is 5. The number of hydrogen-bond acceptors (Lipinski definition) is 6. The molecule has 0 fully saturated rings. The molecule has 0 amide bonds. The molecule has 142 valence electrons. The maximum absolute atomic E-state index is 12.6. The molecule has 9 nitrogen and oxygen atoms in total. The van der Waals surface area contributed by atoms with Crippen LogP contribution in [0.1, 0.15) is 15.9 Å². The third kappa shape index (κ3) is 3.81. The molecule has 9 heteroatoms. The molecule has 1 aromatic carbocycles. The predicted octanol–water partition coefficient (Wildman–Crippen LogP) is 1.83. The first-order valence-corrected chi connectivity index (χ1v) is 8.44. The minimum absolute atomic E-state index is 0.00873. The van der Waals surface area contributed by atoms with Crippen LogP contribution in [-0.2, 0) is 6.54 Å². The summed E-state index contributed by atoms with van der Waals surface area (Å²) >= 11 is 0. The molecular formula is C20H13N5O4. The van der Waals surface area contributed by atoms with Crippen molar-refractivity contribution in [3.8, 4) is 29.1 Å². The van der Waals surface area contributed by atoms with E-state index in [1.54, 1.807) is 35.4 Å². The maximum Gasteiger partial charge on any atom is 0.335 e. The molecule has 0 aliphatic carbocycles. The fourth-order valence-corrected chi connectivity index (χ4v) is 2.53. The Morgan fingerprint density at radius 3 is 2.72 bits per heavy atom. The lowest BCUT2D eigenvalue weighted by molar-refractivity contribution is 0.0697. The van der Waals surface area contributed by atoms with E-state index in [-0.39, 0.29) is 17.1 Å². The quantitative estimate of drug-likeness (QED) is 0.531. The molecule has 0 bridgehead atoms. The third-order valence-corrected chi connectivity index (χ3v) is 3.99. The molecule has 3 aromatic heterocycles. The number of aromatic carboxylic acids is 1. The van der Waals surface area contributed by atoms with E-state index < -0.39 is 11.5 Å². The highest BCUT2D eigenvalue weighted by molar-refractivity contribution is 5.88. The molecule has 4 rings (SSSR count). The predicted molar refractivity (Wildman–Crippen MR) is 101 cm³/mol. The minimum Gasteiger partial charge on any atom is -0.478 e. The van der Waals surface area contributed by atoms with E-state index >= 15 is 0 Å². The summed E-state index contributed by atoms with van der Waals surface area (Å²) in [6.45, 7) is 0.400. The van der Waals surface area contributed by atoms with Gasteiger partial charge < -0.3 is 14.1 Å². The number of benzene rings is 1. The van der Waals surface area contributed by atoms with Crippen molar-refractivity contribution >= 4 is 5.97 Å². The van der Waals surface area contributed by atoms with Crippen LogP contribution in [0.2, 0.25) is 0 Å². The van der Waals surface area contributed by atoms with Gasteiger partial charge in [0.1, 0.15) is 12.0 Å². The molecule has 0 unspecified atom stereocenters. The lowest BCUT2D eigenvalue weighted by Crippen LogP contribution is -2.23. The molecule has 0 radical (unpaired) electrons. The summed E-state index contributed by atoms with van der Waals surface area (Å²) in [6.07, 6.45) is 7.87. The summed E-state index contributed by atoms with van der Waals surface area (Å²) < 4.78 is 8.20. The van der Waals surface area contributed by atoms with E-state index in [9.17, 15) is 9.59 Å². The van der Waals surface area contributed by atoms with Gasteiger partial charge in [-0.3, -0.25) is 4.79 Å². The topological polar surface area (TPSA) is 116 Å². The van der Waals surface area contributed by atoms with Crippen molar-refractivity contribution in [2.45, 2.75) is 6.54 Å². The van der Waals surface area contributed by atoms with Crippen molar-refractivity contribution < 1.29 is 14.3 Å².